The summed E-state index contributed by atoms with van der Waals surface area (Å²) < 4.78 is 18.7. The highest BCUT2D eigenvalue weighted by Crippen LogP contribution is 2.41. The van der Waals surface area contributed by atoms with Crippen molar-refractivity contribution in [1.82, 2.24) is 15.5 Å². The molecule has 0 saturated carbocycles. The Kier molecular flexibility index (Phi) is 11.7. The maximum atomic E-state index is 14.0. The Morgan fingerprint density at radius 3 is 2.21 bits per heavy atom. The van der Waals surface area contributed by atoms with Crippen LogP contribution in [0.25, 0.3) is 11.1 Å². The molecule has 11 heteroatoms. The number of fused-ring (bicyclic) bond motifs is 2. The lowest BCUT2D eigenvalue weighted by molar-refractivity contribution is -0.126. The maximum absolute atomic E-state index is 14.0. The van der Waals surface area contributed by atoms with Crippen LogP contribution in [0.3, 0.4) is 0 Å². The van der Waals surface area contributed by atoms with Crippen molar-refractivity contribution in [3.05, 3.63) is 147 Å². The second-order valence-corrected chi connectivity index (χ2v) is 16.4. The first-order valence-corrected chi connectivity index (χ1v) is 19.7. The molecule has 2 aliphatic rings. The van der Waals surface area contributed by atoms with Crippen molar-refractivity contribution >= 4 is 35.1 Å². The highest BCUT2D eigenvalue weighted by molar-refractivity contribution is 6.42. The van der Waals surface area contributed by atoms with Gasteiger partial charge < -0.3 is 29.7 Å². The Hall–Kier alpha value is -5.69. The van der Waals surface area contributed by atoms with E-state index in [-0.39, 0.29) is 30.6 Å². The molecule has 9 nitrogen and oxygen atoms in total. The quantitative estimate of drug-likeness (QED) is 0.154. The van der Waals surface area contributed by atoms with Crippen molar-refractivity contribution in [3.63, 3.8) is 0 Å². The third kappa shape index (κ3) is 9.65. The van der Waals surface area contributed by atoms with Gasteiger partial charge in [0.2, 0.25) is 5.91 Å². The summed E-state index contributed by atoms with van der Waals surface area (Å²) in [6.07, 6.45) is 0.593. The monoisotopic (exact) mass is 802 g/mol. The number of nitrogens with zero attached hydrogens (tertiary/aromatic N) is 2. The molecule has 5 aromatic rings. The number of carbonyl (C=O) groups excluding carboxylic acids is 2. The molecule has 0 radical (unpaired) electrons. The molecule has 7 rings (SSSR count). The van der Waals surface area contributed by atoms with Crippen LogP contribution >= 0.6 is 23.2 Å². The summed E-state index contributed by atoms with van der Waals surface area (Å²) in [5.74, 6) is 1.68. The summed E-state index contributed by atoms with van der Waals surface area (Å²) >= 11 is 12.2. The molecular formula is C46H44Cl2N4O5. The van der Waals surface area contributed by atoms with Crippen LogP contribution in [0.1, 0.15) is 67.2 Å². The number of rotatable bonds is 9. The van der Waals surface area contributed by atoms with E-state index in [9.17, 15) is 9.59 Å². The van der Waals surface area contributed by atoms with E-state index in [1.54, 1.807) is 17.0 Å². The van der Waals surface area contributed by atoms with E-state index in [0.717, 1.165) is 38.9 Å². The van der Waals surface area contributed by atoms with Crippen LogP contribution in [-0.2, 0) is 30.8 Å². The van der Waals surface area contributed by atoms with Crippen LogP contribution in [0.5, 0.6) is 17.2 Å². The van der Waals surface area contributed by atoms with Gasteiger partial charge >= 0.3 is 6.03 Å². The Bertz CT molecular complexity index is 2300. The molecule has 0 bridgehead atoms. The molecule has 1 unspecified atom stereocenters. The molecular weight excluding hydrogens is 759 g/mol. The molecule has 2 aliphatic heterocycles. The molecule has 3 atom stereocenters. The number of hydrogen-bond acceptors (Lipinski definition) is 6. The molecule has 292 valence electrons. The largest absolute Gasteiger partial charge is 0.489 e. The van der Waals surface area contributed by atoms with Crippen LogP contribution in [0.15, 0.2) is 103 Å². The molecule has 0 fully saturated rings. The minimum Gasteiger partial charge on any atom is -0.489 e. The zero-order chi connectivity index (χ0) is 40.3. The number of halogens is 2. The van der Waals surface area contributed by atoms with Gasteiger partial charge in [0.1, 0.15) is 25.0 Å². The second-order valence-electron chi connectivity index (χ2n) is 15.6. The first-order chi connectivity index (χ1) is 27.3. The van der Waals surface area contributed by atoms with Crippen LogP contribution in [0.4, 0.5) is 4.79 Å². The number of carbonyl (C=O) groups is 2. The Morgan fingerprint density at radius 2 is 1.54 bits per heavy atom. The molecule has 0 saturated heterocycles. The van der Waals surface area contributed by atoms with Crippen LogP contribution in [0, 0.1) is 11.3 Å². The Balaban J connectivity index is 1.01. The fraction of sp³-hybridized carbons (Fsp3) is 0.283. The summed E-state index contributed by atoms with van der Waals surface area (Å²) in [5.41, 5.74) is 6.94. The van der Waals surface area contributed by atoms with E-state index in [2.05, 4.69) is 28.8 Å². The number of nitriles is 1. The number of nitrogens with one attached hydrogen (secondary N) is 2. The minimum atomic E-state index is -0.728. The number of ether oxygens (including phenoxy) is 3. The van der Waals surface area contributed by atoms with Gasteiger partial charge in [0, 0.05) is 24.5 Å². The van der Waals surface area contributed by atoms with Gasteiger partial charge in [0.15, 0.2) is 17.6 Å². The topological polar surface area (TPSA) is 113 Å². The van der Waals surface area contributed by atoms with Gasteiger partial charge in [0.05, 0.1) is 21.7 Å². The highest BCUT2D eigenvalue weighted by atomic mass is 35.5. The molecule has 5 aromatic carbocycles. The zero-order valence-electron chi connectivity index (χ0n) is 32.3. The summed E-state index contributed by atoms with van der Waals surface area (Å²) in [6.45, 7) is 8.62. The van der Waals surface area contributed by atoms with E-state index < -0.39 is 11.6 Å². The highest BCUT2D eigenvalue weighted by Gasteiger charge is 2.38. The molecule has 57 heavy (non-hydrogen) atoms. The van der Waals surface area contributed by atoms with Crippen LogP contribution in [0.2, 0.25) is 10.0 Å². The van der Waals surface area contributed by atoms with Gasteiger partial charge in [-0.2, -0.15) is 5.26 Å². The first-order valence-electron chi connectivity index (χ1n) is 18.9. The Labute approximate surface area is 343 Å². The zero-order valence-corrected chi connectivity index (χ0v) is 33.8. The molecule has 0 aliphatic carbocycles. The predicted octanol–water partition coefficient (Wildman–Crippen LogP) is 9.61. The third-order valence-electron chi connectivity index (χ3n) is 9.97. The fourth-order valence-corrected chi connectivity index (χ4v) is 7.37. The lowest BCUT2D eigenvalue weighted by atomic mass is 9.92. The van der Waals surface area contributed by atoms with E-state index in [1.165, 1.54) is 0 Å². The van der Waals surface area contributed by atoms with Gasteiger partial charge in [-0.3, -0.25) is 4.79 Å². The summed E-state index contributed by atoms with van der Waals surface area (Å²) in [6, 6.07) is 33.6. The number of hydrogen-bond donors (Lipinski definition) is 2. The number of amides is 3. The molecule has 3 amide bonds. The lowest BCUT2D eigenvalue weighted by Crippen LogP contribution is -2.58. The molecule has 2 N–H and O–H groups in total. The summed E-state index contributed by atoms with van der Waals surface area (Å²) in [4.78, 5) is 29.4. The van der Waals surface area contributed by atoms with Gasteiger partial charge in [-0.05, 0) is 122 Å². The van der Waals surface area contributed by atoms with E-state index >= 15 is 0 Å². The Morgan fingerprint density at radius 1 is 0.877 bits per heavy atom. The minimum absolute atomic E-state index is 0.187. The average molecular weight is 804 g/mol. The third-order valence-corrected chi connectivity index (χ3v) is 10.7. The lowest BCUT2D eigenvalue weighted by Gasteiger charge is -2.39. The molecule has 0 aromatic heterocycles. The van der Waals surface area contributed by atoms with Crippen molar-refractivity contribution in [3.8, 4) is 34.4 Å². The average Bonchev–Trinajstić information content (AvgIpc) is 3.19. The van der Waals surface area contributed by atoms with Crippen LogP contribution < -0.4 is 24.8 Å². The first kappa shape index (κ1) is 39.5. The van der Waals surface area contributed by atoms with E-state index in [4.69, 9.17) is 42.7 Å². The van der Waals surface area contributed by atoms with Gasteiger partial charge in [-0.1, -0.05) is 77.8 Å². The predicted molar refractivity (Wildman–Crippen MR) is 222 cm³/mol. The normalized spacial score (nSPS) is 16.5. The fourth-order valence-electron chi connectivity index (χ4n) is 7.04. The van der Waals surface area contributed by atoms with E-state index in [1.807, 2.05) is 107 Å². The van der Waals surface area contributed by atoms with Crippen molar-refractivity contribution < 1.29 is 23.8 Å². The smallest absolute Gasteiger partial charge is 0.318 e. The number of urea groups is 1. The van der Waals surface area contributed by atoms with Crippen LogP contribution in [-0.4, -0.2) is 41.1 Å². The van der Waals surface area contributed by atoms with Gasteiger partial charge in [0.25, 0.3) is 0 Å². The van der Waals surface area contributed by atoms with Crippen molar-refractivity contribution in [2.45, 2.75) is 77.4 Å². The van der Waals surface area contributed by atoms with Gasteiger partial charge in [-0.25, -0.2) is 4.79 Å². The van der Waals surface area contributed by atoms with Crippen molar-refractivity contribution in [1.29, 1.82) is 5.26 Å². The van der Waals surface area contributed by atoms with Crippen molar-refractivity contribution in [2.24, 2.45) is 0 Å². The SMILES string of the molecule is C[C@H](Cc1ccc(-c2ccc(C#N)cc2)cc1)NC(=O)[C@@H]1Cc2cc3c(cc2CN1C(=O)NC(C)(C)C)OC(c1ccc(OCc2ccc(Cl)c(Cl)c2)cc1)CO3. The standard InChI is InChI=1S/C46H44Cl2N4O5/c1-28(19-29-5-10-32(11-6-29)33-12-7-30(24-49)8-13-33)50-44(53)40-21-35-22-41-42(23-36(35)25-52(40)45(54)51-46(2,3)4)57-43(27-56-41)34-14-16-37(17-15-34)55-26-31-9-18-38(47)39(48)20-31/h5-18,20,22-23,28,40,43H,19,21,25-27H2,1-4H3,(H,50,53)(H,51,54)/t28-,40+,43?/m1/s1. The maximum Gasteiger partial charge on any atom is 0.318 e. The summed E-state index contributed by atoms with van der Waals surface area (Å²) in [5, 5.41) is 16.3. The molecule has 2 heterocycles. The molecule has 0 spiro atoms. The number of benzene rings is 5. The summed E-state index contributed by atoms with van der Waals surface area (Å²) in [7, 11) is 0. The second kappa shape index (κ2) is 16.8. The van der Waals surface area contributed by atoms with E-state index in [0.29, 0.717) is 58.9 Å². The van der Waals surface area contributed by atoms with Gasteiger partial charge in [-0.15, -0.1) is 0 Å². The van der Waals surface area contributed by atoms with Crippen molar-refractivity contribution in [2.75, 3.05) is 6.61 Å².